The summed E-state index contributed by atoms with van der Waals surface area (Å²) in [4.78, 5) is 15.6. The van der Waals surface area contributed by atoms with Gasteiger partial charge >= 0.3 is 0 Å². The smallest absolute Gasteiger partial charge is 0.224 e. The van der Waals surface area contributed by atoms with Gasteiger partial charge in [0, 0.05) is 29.2 Å². The van der Waals surface area contributed by atoms with Crippen LogP contribution in [0.15, 0.2) is 22.6 Å². The molecule has 0 aliphatic heterocycles. The maximum absolute atomic E-state index is 11.5. The molecule has 15 heavy (non-hydrogen) atoms. The van der Waals surface area contributed by atoms with Gasteiger partial charge in [0.1, 0.15) is 5.52 Å². The lowest BCUT2D eigenvalue weighted by Gasteiger charge is -2.01. The molecule has 0 spiro atoms. The minimum atomic E-state index is -2.27. The van der Waals surface area contributed by atoms with E-state index in [2.05, 4.69) is 10.3 Å². The van der Waals surface area contributed by atoms with Gasteiger partial charge in [-0.25, -0.2) is 4.98 Å². The summed E-state index contributed by atoms with van der Waals surface area (Å²) in [6.07, 6.45) is -0.513. The van der Waals surface area contributed by atoms with E-state index in [0.717, 1.165) is 0 Å². The number of nitrogens with zero attached hydrogens (tertiary/aromatic N) is 1. The zero-order valence-corrected chi connectivity index (χ0v) is 8.20. The lowest BCUT2D eigenvalue weighted by molar-refractivity contribution is -0.115. The summed E-state index contributed by atoms with van der Waals surface area (Å²) in [6.45, 7) is -0.538. The van der Waals surface area contributed by atoms with E-state index in [4.69, 9.17) is 8.53 Å². The van der Waals surface area contributed by atoms with E-state index in [1.54, 1.807) is 25.1 Å². The van der Waals surface area contributed by atoms with Crippen molar-refractivity contribution in [3.8, 4) is 0 Å². The Morgan fingerprint density at radius 3 is 3.33 bits per heavy atom. The standard InChI is InChI=1S/C11H12N2O2/c1-3-11(14)13-8-4-5-9-10(6-8)15-7(2)12-9/h4-6H,3H2,1-2H3,(H,13,14)/i1D3. The van der Waals surface area contributed by atoms with Crippen LogP contribution >= 0.6 is 0 Å². The van der Waals surface area contributed by atoms with Gasteiger partial charge in [0.25, 0.3) is 0 Å². The maximum atomic E-state index is 11.5. The zero-order valence-electron chi connectivity index (χ0n) is 11.2. The third-order valence-electron chi connectivity index (χ3n) is 1.94. The van der Waals surface area contributed by atoms with E-state index >= 15 is 0 Å². The molecule has 0 saturated carbocycles. The van der Waals surface area contributed by atoms with Crippen LogP contribution in [0.1, 0.15) is 23.3 Å². The van der Waals surface area contributed by atoms with Crippen molar-refractivity contribution in [2.75, 3.05) is 5.32 Å². The van der Waals surface area contributed by atoms with Crippen molar-refractivity contribution >= 4 is 22.7 Å². The molecule has 0 atom stereocenters. The predicted molar refractivity (Wildman–Crippen MR) is 57.7 cm³/mol. The van der Waals surface area contributed by atoms with Crippen molar-refractivity contribution in [2.45, 2.75) is 20.2 Å². The van der Waals surface area contributed by atoms with Crippen molar-refractivity contribution in [1.29, 1.82) is 0 Å². The molecule has 1 N–H and O–H groups in total. The van der Waals surface area contributed by atoms with Gasteiger partial charge < -0.3 is 9.73 Å². The second kappa shape index (κ2) is 3.73. The molecular formula is C11H12N2O2. The van der Waals surface area contributed by atoms with Crippen LogP contribution in [0, 0.1) is 6.92 Å². The van der Waals surface area contributed by atoms with Crippen molar-refractivity contribution < 1.29 is 13.3 Å². The van der Waals surface area contributed by atoms with Crippen LogP contribution in [0.4, 0.5) is 5.69 Å². The van der Waals surface area contributed by atoms with Crippen molar-refractivity contribution in [2.24, 2.45) is 0 Å². The molecule has 1 aromatic heterocycles. The molecule has 0 aliphatic carbocycles. The largest absolute Gasteiger partial charge is 0.441 e. The van der Waals surface area contributed by atoms with Crippen LogP contribution in [0.5, 0.6) is 0 Å². The maximum Gasteiger partial charge on any atom is 0.224 e. The summed E-state index contributed by atoms with van der Waals surface area (Å²) < 4.78 is 26.3. The summed E-state index contributed by atoms with van der Waals surface area (Å²) in [7, 11) is 0. The fourth-order valence-corrected chi connectivity index (χ4v) is 1.32. The molecule has 2 rings (SSSR count). The van der Waals surface area contributed by atoms with Crippen LogP contribution in [-0.2, 0) is 4.79 Å². The Bertz CT molecular complexity index is 589. The first-order chi connectivity index (χ1) is 8.33. The zero-order chi connectivity index (χ0) is 13.3. The number of anilines is 1. The molecule has 0 unspecified atom stereocenters. The first-order valence-electron chi connectivity index (χ1n) is 6.00. The number of oxazole rings is 1. The first-order valence-corrected chi connectivity index (χ1v) is 4.50. The summed E-state index contributed by atoms with van der Waals surface area (Å²) in [6, 6.07) is 4.98. The summed E-state index contributed by atoms with van der Waals surface area (Å²) >= 11 is 0. The molecule has 2 aromatic rings. The fourth-order valence-electron chi connectivity index (χ4n) is 1.32. The van der Waals surface area contributed by atoms with Crippen molar-refractivity contribution in [1.82, 2.24) is 4.98 Å². The monoisotopic (exact) mass is 207 g/mol. The van der Waals surface area contributed by atoms with Gasteiger partial charge in [-0.1, -0.05) is 6.85 Å². The molecule has 0 fully saturated rings. The van der Waals surface area contributed by atoms with Gasteiger partial charge in [0.2, 0.25) is 5.91 Å². The molecule has 1 aromatic carbocycles. The second-order valence-corrected chi connectivity index (χ2v) is 3.14. The number of hydrogen-bond acceptors (Lipinski definition) is 3. The van der Waals surface area contributed by atoms with E-state index in [-0.39, 0.29) is 0 Å². The SMILES string of the molecule is [2H]C([2H])([2H])CC(=O)Nc1ccc2nc(C)oc2c1. The normalized spacial score (nSPS) is 14.3. The van der Waals surface area contributed by atoms with E-state index in [1.165, 1.54) is 0 Å². The molecule has 4 nitrogen and oxygen atoms in total. The van der Waals surface area contributed by atoms with E-state index in [9.17, 15) is 4.79 Å². The average molecular weight is 207 g/mol. The second-order valence-electron chi connectivity index (χ2n) is 3.14. The van der Waals surface area contributed by atoms with Crippen LogP contribution in [0.25, 0.3) is 11.1 Å². The fraction of sp³-hybridized carbons (Fsp3) is 0.273. The number of aryl methyl sites for hydroxylation is 1. The molecule has 78 valence electrons. The number of nitrogens with one attached hydrogen (secondary N) is 1. The summed E-state index contributed by atoms with van der Waals surface area (Å²) in [5.41, 5.74) is 1.74. The van der Waals surface area contributed by atoms with Gasteiger partial charge in [-0.05, 0) is 12.1 Å². The Morgan fingerprint density at radius 1 is 1.67 bits per heavy atom. The number of fused-ring (bicyclic) bond motifs is 1. The van der Waals surface area contributed by atoms with E-state index in [0.29, 0.717) is 22.7 Å². The lowest BCUT2D eigenvalue weighted by atomic mass is 10.3. The van der Waals surface area contributed by atoms with E-state index in [1.807, 2.05) is 0 Å². The Labute approximate surface area is 91.5 Å². The van der Waals surface area contributed by atoms with E-state index < -0.39 is 19.2 Å². The number of hydrogen-bond donors (Lipinski definition) is 1. The van der Waals surface area contributed by atoms with Crippen LogP contribution in [0.2, 0.25) is 0 Å². The van der Waals surface area contributed by atoms with Crippen LogP contribution in [0.3, 0.4) is 0 Å². The number of carbonyl (C=O) groups excluding carboxylic acids is 1. The quantitative estimate of drug-likeness (QED) is 0.823. The predicted octanol–water partition coefficient (Wildman–Crippen LogP) is 2.48. The number of rotatable bonds is 2. The van der Waals surface area contributed by atoms with Gasteiger partial charge in [-0.15, -0.1) is 0 Å². The average Bonchev–Trinajstić information content (AvgIpc) is 2.53. The molecule has 1 heterocycles. The van der Waals surface area contributed by atoms with Crippen LogP contribution < -0.4 is 5.32 Å². The van der Waals surface area contributed by atoms with Gasteiger partial charge in [-0.2, -0.15) is 0 Å². The van der Waals surface area contributed by atoms with Gasteiger partial charge in [-0.3, -0.25) is 4.79 Å². The highest BCUT2D eigenvalue weighted by Crippen LogP contribution is 2.19. The topological polar surface area (TPSA) is 55.1 Å². The number of aromatic nitrogens is 1. The minimum absolute atomic E-state index is 0.493. The van der Waals surface area contributed by atoms with Gasteiger partial charge in [0.05, 0.1) is 0 Å². The van der Waals surface area contributed by atoms with Crippen LogP contribution in [-0.4, -0.2) is 10.9 Å². The third kappa shape index (κ3) is 1.98. The molecule has 0 radical (unpaired) electrons. The molecule has 0 saturated heterocycles. The first kappa shape index (κ1) is 6.61. The Morgan fingerprint density at radius 2 is 2.53 bits per heavy atom. The molecule has 0 bridgehead atoms. The Kier molecular flexibility index (Phi) is 1.64. The lowest BCUT2D eigenvalue weighted by Crippen LogP contribution is -2.08. The minimum Gasteiger partial charge on any atom is -0.441 e. The van der Waals surface area contributed by atoms with Crippen molar-refractivity contribution in [3.05, 3.63) is 24.1 Å². The molecular weight excluding hydrogens is 192 g/mol. The number of carbonyl (C=O) groups is 1. The Balaban J connectivity index is 2.14. The highest BCUT2D eigenvalue weighted by molar-refractivity contribution is 5.92. The summed E-state index contributed by atoms with van der Waals surface area (Å²) in [5.74, 6) is -0.0124. The summed E-state index contributed by atoms with van der Waals surface area (Å²) in [5, 5.41) is 2.51. The van der Waals surface area contributed by atoms with Crippen molar-refractivity contribution in [3.63, 3.8) is 0 Å². The molecule has 1 amide bonds. The highest BCUT2D eigenvalue weighted by Gasteiger charge is 2.04. The third-order valence-corrected chi connectivity index (χ3v) is 1.94. The Hall–Kier alpha value is -1.84. The number of amides is 1. The number of benzene rings is 1. The molecule has 4 heteroatoms. The molecule has 0 aliphatic rings. The highest BCUT2D eigenvalue weighted by atomic mass is 16.3. The van der Waals surface area contributed by atoms with Gasteiger partial charge in [0.15, 0.2) is 11.5 Å².